The van der Waals surface area contributed by atoms with Crippen LogP contribution in [0.5, 0.6) is 0 Å². The van der Waals surface area contributed by atoms with E-state index < -0.39 is 11.6 Å². The van der Waals surface area contributed by atoms with Crippen molar-refractivity contribution in [3.63, 3.8) is 0 Å². The van der Waals surface area contributed by atoms with E-state index in [1.165, 1.54) is 7.11 Å². The van der Waals surface area contributed by atoms with Crippen molar-refractivity contribution in [1.29, 1.82) is 0 Å². The minimum atomic E-state index is -0.788. The van der Waals surface area contributed by atoms with Gasteiger partial charge in [-0.2, -0.15) is 0 Å². The second kappa shape index (κ2) is 6.18. The average molecular weight is 257 g/mol. The number of carboxylic acid groups (broad SMARTS) is 1. The molecule has 0 saturated heterocycles. The van der Waals surface area contributed by atoms with Gasteiger partial charge in [-0.05, 0) is 39.0 Å². The van der Waals surface area contributed by atoms with E-state index in [0.29, 0.717) is 19.3 Å². The molecular formula is C13H23NO4. The number of methoxy groups -OCH3 is 1. The second-order valence-corrected chi connectivity index (χ2v) is 5.15. The minimum Gasteiger partial charge on any atom is -0.481 e. The molecule has 1 aliphatic rings. The molecule has 104 valence electrons. The number of nitrogens with one attached hydrogen (secondary N) is 1. The molecule has 1 fully saturated rings. The summed E-state index contributed by atoms with van der Waals surface area (Å²) in [5.74, 6) is -1.08. The summed E-state index contributed by atoms with van der Waals surface area (Å²) in [6.45, 7) is 3.68. The Morgan fingerprint density at radius 1 is 1.33 bits per heavy atom. The van der Waals surface area contributed by atoms with Crippen molar-refractivity contribution in [3.05, 3.63) is 0 Å². The summed E-state index contributed by atoms with van der Waals surface area (Å²) in [6.07, 6.45) is 3.34. The van der Waals surface area contributed by atoms with Gasteiger partial charge >= 0.3 is 5.97 Å². The lowest BCUT2D eigenvalue weighted by molar-refractivity contribution is -0.144. The normalized spacial score (nSPS) is 27.3. The van der Waals surface area contributed by atoms with Gasteiger partial charge in [0.2, 0.25) is 0 Å². The Balaban J connectivity index is 2.46. The number of aliphatic carboxylic acids is 1. The second-order valence-electron chi connectivity index (χ2n) is 5.15. The summed E-state index contributed by atoms with van der Waals surface area (Å²) >= 11 is 0. The Morgan fingerprint density at radius 3 is 2.28 bits per heavy atom. The first-order chi connectivity index (χ1) is 8.42. The Bertz CT molecular complexity index is 304. The van der Waals surface area contributed by atoms with Gasteiger partial charge in [0, 0.05) is 13.2 Å². The lowest BCUT2D eigenvalue weighted by Gasteiger charge is -2.31. The highest BCUT2D eigenvalue weighted by Gasteiger charge is 2.34. The topological polar surface area (TPSA) is 75.6 Å². The van der Waals surface area contributed by atoms with Gasteiger partial charge in [-0.15, -0.1) is 0 Å². The van der Waals surface area contributed by atoms with Gasteiger partial charge in [0.05, 0.1) is 5.92 Å². The van der Waals surface area contributed by atoms with Crippen LogP contribution in [-0.2, 0) is 14.3 Å². The van der Waals surface area contributed by atoms with Gasteiger partial charge in [0.15, 0.2) is 0 Å². The largest absolute Gasteiger partial charge is 0.481 e. The van der Waals surface area contributed by atoms with Crippen LogP contribution < -0.4 is 5.32 Å². The van der Waals surface area contributed by atoms with Crippen molar-refractivity contribution in [2.45, 2.75) is 57.6 Å². The van der Waals surface area contributed by atoms with Crippen molar-refractivity contribution in [2.24, 2.45) is 5.92 Å². The van der Waals surface area contributed by atoms with Crippen LogP contribution in [0.2, 0.25) is 0 Å². The van der Waals surface area contributed by atoms with E-state index in [0.717, 1.165) is 12.8 Å². The minimum absolute atomic E-state index is 0.0779. The molecule has 1 unspecified atom stereocenters. The molecule has 0 aliphatic heterocycles. The highest BCUT2D eigenvalue weighted by molar-refractivity contribution is 5.85. The first-order valence-electron chi connectivity index (χ1n) is 6.52. The summed E-state index contributed by atoms with van der Waals surface area (Å²) in [5.41, 5.74) is -0.788. The smallest absolute Gasteiger partial charge is 0.306 e. The number of rotatable bonds is 5. The van der Waals surface area contributed by atoms with Crippen LogP contribution in [0.4, 0.5) is 0 Å². The molecule has 1 saturated carbocycles. The zero-order valence-electron chi connectivity index (χ0n) is 11.4. The maximum absolute atomic E-state index is 12.1. The molecule has 0 bridgehead atoms. The molecule has 1 amide bonds. The molecule has 5 heteroatoms. The molecule has 5 nitrogen and oxygen atoms in total. The van der Waals surface area contributed by atoms with Crippen LogP contribution in [0.3, 0.4) is 0 Å². The molecule has 1 rings (SSSR count). The zero-order chi connectivity index (χ0) is 13.8. The van der Waals surface area contributed by atoms with Crippen LogP contribution in [0.15, 0.2) is 0 Å². The van der Waals surface area contributed by atoms with Crippen molar-refractivity contribution >= 4 is 11.9 Å². The maximum atomic E-state index is 12.1. The summed E-state index contributed by atoms with van der Waals surface area (Å²) in [5, 5.41) is 11.9. The molecule has 0 aromatic rings. The molecule has 1 aliphatic carbocycles. The Hall–Kier alpha value is -1.10. The Labute approximate surface area is 108 Å². The number of ether oxygens (including phenoxy) is 1. The van der Waals surface area contributed by atoms with E-state index in [1.54, 1.807) is 6.92 Å². The SMILES string of the molecule is CCC(C)(OC)C(=O)NC1CCC(C(=O)O)CC1. The highest BCUT2D eigenvalue weighted by atomic mass is 16.5. The lowest BCUT2D eigenvalue weighted by atomic mass is 9.85. The maximum Gasteiger partial charge on any atom is 0.306 e. The van der Waals surface area contributed by atoms with E-state index in [1.807, 2.05) is 6.92 Å². The summed E-state index contributed by atoms with van der Waals surface area (Å²) in [4.78, 5) is 22.9. The van der Waals surface area contributed by atoms with Gasteiger partial charge in [-0.3, -0.25) is 9.59 Å². The third-order valence-electron chi connectivity index (χ3n) is 4.02. The predicted octanol–water partition coefficient (Wildman–Crippen LogP) is 1.56. The quantitative estimate of drug-likeness (QED) is 0.783. The zero-order valence-corrected chi connectivity index (χ0v) is 11.4. The number of amides is 1. The van der Waals surface area contributed by atoms with Crippen LogP contribution >= 0.6 is 0 Å². The lowest BCUT2D eigenvalue weighted by Crippen LogP contribution is -2.50. The van der Waals surface area contributed by atoms with E-state index >= 15 is 0 Å². The number of hydrogen-bond acceptors (Lipinski definition) is 3. The van der Waals surface area contributed by atoms with Crippen LogP contribution in [0, 0.1) is 5.92 Å². The van der Waals surface area contributed by atoms with Gasteiger partial charge in [-0.1, -0.05) is 6.92 Å². The first-order valence-corrected chi connectivity index (χ1v) is 6.52. The molecule has 0 aromatic carbocycles. The number of carboxylic acids is 1. The van der Waals surface area contributed by atoms with E-state index in [4.69, 9.17) is 9.84 Å². The fourth-order valence-electron chi connectivity index (χ4n) is 2.22. The van der Waals surface area contributed by atoms with Gasteiger partial charge in [0.1, 0.15) is 5.60 Å². The molecular weight excluding hydrogens is 234 g/mol. The molecule has 1 atom stereocenters. The fourth-order valence-corrected chi connectivity index (χ4v) is 2.22. The predicted molar refractivity (Wildman–Crippen MR) is 67.2 cm³/mol. The summed E-state index contributed by atoms with van der Waals surface area (Å²) in [7, 11) is 1.53. The highest BCUT2D eigenvalue weighted by Crippen LogP contribution is 2.25. The number of carbonyl (C=O) groups excluding carboxylic acids is 1. The van der Waals surface area contributed by atoms with Crippen LogP contribution in [-0.4, -0.2) is 35.7 Å². The van der Waals surface area contributed by atoms with Crippen molar-refractivity contribution in [3.8, 4) is 0 Å². The van der Waals surface area contributed by atoms with Crippen LogP contribution in [0.25, 0.3) is 0 Å². The van der Waals surface area contributed by atoms with Gasteiger partial charge in [-0.25, -0.2) is 0 Å². The molecule has 0 aromatic heterocycles. The molecule has 0 radical (unpaired) electrons. The van der Waals surface area contributed by atoms with E-state index in [-0.39, 0.29) is 17.9 Å². The Kier molecular flexibility index (Phi) is 5.14. The van der Waals surface area contributed by atoms with Crippen molar-refractivity contribution in [2.75, 3.05) is 7.11 Å². The summed E-state index contributed by atoms with van der Waals surface area (Å²) < 4.78 is 5.24. The number of hydrogen-bond donors (Lipinski definition) is 2. The van der Waals surface area contributed by atoms with Crippen molar-refractivity contribution < 1.29 is 19.4 Å². The van der Waals surface area contributed by atoms with E-state index in [2.05, 4.69) is 5.32 Å². The number of carbonyl (C=O) groups is 2. The monoisotopic (exact) mass is 257 g/mol. The van der Waals surface area contributed by atoms with Crippen LogP contribution in [0.1, 0.15) is 46.0 Å². The Morgan fingerprint density at radius 2 is 1.89 bits per heavy atom. The summed E-state index contributed by atoms with van der Waals surface area (Å²) in [6, 6.07) is 0.0779. The first kappa shape index (κ1) is 15.0. The molecule has 18 heavy (non-hydrogen) atoms. The van der Waals surface area contributed by atoms with E-state index in [9.17, 15) is 9.59 Å². The molecule has 0 heterocycles. The molecule has 2 N–H and O–H groups in total. The standard InChI is InChI=1S/C13H23NO4/c1-4-13(2,18-3)12(17)14-10-7-5-9(6-8-10)11(15)16/h9-10H,4-8H2,1-3H3,(H,14,17)(H,15,16). The van der Waals surface area contributed by atoms with Gasteiger partial charge in [0.25, 0.3) is 5.91 Å². The van der Waals surface area contributed by atoms with Gasteiger partial charge < -0.3 is 15.2 Å². The third kappa shape index (κ3) is 3.45. The third-order valence-corrected chi connectivity index (χ3v) is 4.02. The average Bonchev–Trinajstić information content (AvgIpc) is 2.38. The molecule has 0 spiro atoms. The van der Waals surface area contributed by atoms with Crippen molar-refractivity contribution in [1.82, 2.24) is 5.32 Å². The fraction of sp³-hybridized carbons (Fsp3) is 0.846.